The van der Waals surface area contributed by atoms with Crippen molar-refractivity contribution in [3.05, 3.63) is 72.9 Å². The molecule has 0 rings (SSSR count). The van der Waals surface area contributed by atoms with Crippen LogP contribution in [0.5, 0.6) is 0 Å². The van der Waals surface area contributed by atoms with E-state index in [1.165, 1.54) is 12.8 Å². The van der Waals surface area contributed by atoms with Gasteiger partial charge in [0.25, 0.3) is 0 Å². The minimum Gasteiger partial charge on any atom is -0.480 e. The Morgan fingerprint density at radius 1 is 0.611 bits per heavy atom. The zero-order valence-electron chi connectivity index (χ0n) is 33.0. The number of nitrogens with one attached hydrogen (secondary N) is 1. The molecule has 0 saturated carbocycles. The Morgan fingerprint density at radius 2 is 1.07 bits per heavy atom. The van der Waals surface area contributed by atoms with Crippen LogP contribution in [0.1, 0.15) is 142 Å². The van der Waals surface area contributed by atoms with Gasteiger partial charge in [0.05, 0.1) is 13.2 Å². The van der Waals surface area contributed by atoms with E-state index in [0.717, 1.165) is 89.9 Å². The molecule has 0 heterocycles. The number of hydrogen-bond acceptors (Lipinski definition) is 8. The van der Waals surface area contributed by atoms with Crippen LogP contribution < -0.4 is 5.32 Å². The van der Waals surface area contributed by atoms with E-state index in [9.17, 15) is 34.1 Å². The summed E-state index contributed by atoms with van der Waals surface area (Å²) in [5.41, 5.74) is 0. The molecule has 0 spiro atoms. The molecule has 0 aromatic heterocycles. The molecule has 11 nitrogen and oxygen atoms in total. The number of carbonyl (C=O) groups is 3. The van der Waals surface area contributed by atoms with Crippen molar-refractivity contribution in [2.75, 3.05) is 19.8 Å². The first-order valence-corrected chi connectivity index (χ1v) is 21.5. The Morgan fingerprint density at radius 3 is 1.65 bits per heavy atom. The van der Waals surface area contributed by atoms with Crippen LogP contribution in [-0.4, -0.2) is 64.9 Å². The number of hydrogen-bond donors (Lipinski definition) is 4. The molecular formula is C42H70NO10P. The molecule has 0 radical (unpaired) electrons. The van der Waals surface area contributed by atoms with Crippen LogP contribution in [0, 0.1) is 0 Å². The maximum Gasteiger partial charge on any atom is 0.472 e. The van der Waals surface area contributed by atoms with Crippen LogP contribution in [-0.2, 0) is 32.7 Å². The number of esters is 1. The van der Waals surface area contributed by atoms with Crippen LogP contribution in [0.4, 0.5) is 0 Å². The van der Waals surface area contributed by atoms with E-state index in [0.29, 0.717) is 12.8 Å². The second-order valence-electron chi connectivity index (χ2n) is 13.1. The molecule has 12 heteroatoms. The van der Waals surface area contributed by atoms with Crippen molar-refractivity contribution in [3.63, 3.8) is 0 Å². The van der Waals surface area contributed by atoms with Gasteiger partial charge in [-0.25, -0.2) is 9.36 Å². The number of unbranched alkanes of at least 4 members (excludes halogenated alkanes) is 10. The van der Waals surface area contributed by atoms with Gasteiger partial charge in [0.2, 0.25) is 5.91 Å². The van der Waals surface area contributed by atoms with Crippen LogP contribution in [0.25, 0.3) is 0 Å². The van der Waals surface area contributed by atoms with Crippen molar-refractivity contribution in [1.82, 2.24) is 5.32 Å². The smallest absolute Gasteiger partial charge is 0.472 e. The second kappa shape index (κ2) is 36.9. The SMILES string of the molecule is CC/C=C\C/C=C\C/C=C\C/C=C\C/C=C\CCCCCC(=O)NC(COP(=O)(O)OCC(O)COC(=O)CCCCCCC/C=C\CCCC)C(=O)O. The Hall–Kier alpha value is -3.08. The van der Waals surface area contributed by atoms with E-state index in [4.69, 9.17) is 13.8 Å². The van der Waals surface area contributed by atoms with Gasteiger partial charge in [0, 0.05) is 12.8 Å². The van der Waals surface area contributed by atoms with Crippen molar-refractivity contribution in [1.29, 1.82) is 0 Å². The fourth-order valence-electron chi connectivity index (χ4n) is 4.85. The predicted octanol–water partition coefficient (Wildman–Crippen LogP) is 9.77. The summed E-state index contributed by atoms with van der Waals surface area (Å²) in [5, 5.41) is 21.7. The monoisotopic (exact) mass is 779 g/mol. The third-order valence-electron chi connectivity index (χ3n) is 7.98. The number of amides is 1. The van der Waals surface area contributed by atoms with Gasteiger partial charge >= 0.3 is 19.8 Å². The van der Waals surface area contributed by atoms with Gasteiger partial charge < -0.3 is 25.2 Å². The number of rotatable bonds is 36. The molecule has 0 aliphatic carbocycles. The molecule has 3 atom stereocenters. The van der Waals surface area contributed by atoms with E-state index in [2.05, 4.69) is 92.1 Å². The van der Waals surface area contributed by atoms with Gasteiger partial charge in [0.15, 0.2) is 6.04 Å². The standard InChI is InChI=1S/C42H70NO10P/c1-3-5-7-9-11-13-15-16-17-18-19-20-21-22-24-25-27-29-31-33-40(45)43-39(42(47)48)37-53-54(49,50)52-36-38(44)35-51-41(46)34-32-30-28-26-23-14-12-10-8-6-4-2/h5,7,10-13,16-17,19-20,22,24,38-39,44H,3-4,6,8-9,14-15,18,21,23,25-37H2,1-2H3,(H,43,45)(H,47,48)(H,49,50)/b7-5-,12-10-,13-11-,17-16-,20-19-,24-22-. The number of aliphatic carboxylic acids is 1. The van der Waals surface area contributed by atoms with Crippen LogP contribution in [0.3, 0.4) is 0 Å². The summed E-state index contributed by atoms with van der Waals surface area (Å²) in [6, 6.07) is -1.57. The molecule has 0 aromatic carbocycles. The summed E-state index contributed by atoms with van der Waals surface area (Å²) in [4.78, 5) is 45.7. The summed E-state index contributed by atoms with van der Waals surface area (Å²) in [6.07, 6.45) is 42.2. The van der Waals surface area contributed by atoms with Gasteiger partial charge in [-0.15, -0.1) is 0 Å². The summed E-state index contributed by atoms with van der Waals surface area (Å²) >= 11 is 0. The lowest BCUT2D eigenvalue weighted by Crippen LogP contribution is -2.43. The molecule has 0 fully saturated rings. The average molecular weight is 780 g/mol. The summed E-state index contributed by atoms with van der Waals surface area (Å²) in [6.45, 7) is 2.37. The van der Waals surface area contributed by atoms with Gasteiger partial charge in [-0.05, 0) is 77.0 Å². The Kier molecular flexibility index (Phi) is 34.8. The number of carbonyl (C=O) groups excluding carboxylic acids is 2. The van der Waals surface area contributed by atoms with Gasteiger partial charge in [-0.1, -0.05) is 125 Å². The molecule has 0 bridgehead atoms. The van der Waals surface area contributed by atoms with Crippen LogP contribution in [0.2, 0.25) is 0 Å². The number of allylic oxidation sites excluding steroid dienone is 12. The van der Waals surface area contributed by atoms with E-state index >= 15 is 0 Å². The Labute approximate surface area is 325 Å². The summed E-state index contributed by atoms with van der Waals surface area (Å²) in [5.74, 6) is -2.44. The normalized spacial score (nSPS) is 14.6. The fraction of sp³-hybridized carbons (Fsp3) is 0.643. The van der Waals surface area contributed by atoms with Crippen molar-refractivity contribution < 1.29 is 47.8 Å². The van der Waals surface area contributed by atoms with E-state index in [1.807, 2.05) is 0 Å². The van der Waals surface area contributed by atoms with Gasteiger partial charge in [-0.3, -0.25) is 18.6 Å². The fourth-order valence-corrected chi connectivity index (χ4v) is 5.62. The van der Waals surface area contributed by atoms with E-state index in [-0.39, 0.29) is 12.8 Å². The Balaban J connectivity index is 4.04. The number of aliphatic hydroxyl groups is 1. The molecule has 0 saturated heterocycles. The highest BCUT2D eigenvalue weighted by atomic mass is 31.2. The molecule has 308 valence electrons. The lowest BCUT2D eigenvalue weighted by atomic mass is 10.1. The zero-order chi connectivity index (χ0) is 40.0. The number of carboxylic acid groups (broad SMARTS) is 1. The highest BCUT2D eigenvalue weighted by molar-refractivity contribution is 7.47. The molecule has 0 aromatic rings. The van der Waals surface area contributed by atoms with Crippen LogP contribution in [0.15, 0.2) is 72.9 Å². The number of carboxylic acids is 1. The molecule has 0 aliphatic heterocycles. The molecule has 4 N–H and O–H groups in total. The maximum atomic E-state index is 12.3. The van der Waals surface area contributed by atoms with Gasteiger partial charge in [0.1, 0.15) is 12.7 Å². The molecule has 0 aliphatic rings. The van der Waals surface area contributed by atoms with Crippen molar-refractivity contribution >= 4 is 25.7 Å². The summed E-state index contributed by atoms with van der Waals surface area (Å²) < 4.78 is 26.7. The summed E-state index contributed by atoms with van der Waals surface area (Å²) in [7, 11) is -4.77. The van der Waals surface area contributed by atoms with Crippen molar-refractivity contribution in [3.8, 4) is 0 Å². The lowest BCUT2D eigenvalue weighted by Gasteiger charge is -2.18. The molecular weight excluding hydrogens is 709 g/mol. The predicted molar refractivity (Wildman–Crippen MR) is 217 cm³/mol. The maximum absolute atomic E-state index is 12.3. The minimum atomic E-state index is -4.77. The lowest BCUT2D eigenvalue weighted by molar-refractivity contribution is -0.147. The Bertz CT molecular complexity index is 1190. The van der Waals surface area contributed by atoms with E-state index < -0.39 is 57.6 Å². The minimum absolute atomic E-state index is 0.102. The third kappa shape index (κ3) is 35.9. The van der Waals surface area contributed by atoms with E-state index in [1.54, 1.807) is 0 Å². The molecule has 1 amide bonds. The van der Waals surface area contributed by atoms with Crippen molar-refractivity contribution in [2.24, 2.45) is 0 Å². The number of aliphatic hydroxyl groups excluding tert-OH is 1. The highest BCUT2D eigenvalue weighted by Gasteiger charge is 2.28. The first-order valence-electron chi connectivity index (χ1n) is 20.0. The van der Waals surface area contributed by atoms with Crippen molar-refractivity contribution in [2.45, 2.75) is 154 Å². The number of ether oxygens (including phenoxy) is 1. The highest BCUT2D eigenvalue weighted by Crippen LogP contribution is 2.43. The first kappa shape index (κ1) is 50.9. The number of phosphoric ester groups is 1. The first-order chi connectivity index (χ1) is 26.1. The molecule has 3 unspecified atom stereocenters. The largest absolute Gasteiger partial charge is 0.480 e. The van der Waals surface area contributed by atoms with Gasteiger partial charge in [-0.2, -0.15) is 0 Å². The number of phosphoric acid groups is 1. The quantitative estimate of drug-likeness (QED) is 0.0208. The molecule has 54 heavy (non-hydrogen) atoms. The second-order valence-corrected chi connectivity index (χ2v) is 14.5. The third-order valence-corrected chi connectivity index (χ3v) is 8.93. The average Bonchev–Trinajstić information content (AvgIpc) is 3.14. The van der Waals surface area contributed by atoms with Crippen LogP contribution >= 0.6 is 7.82 Å². The topological polar surface area (TPSA) is 169 Å². The zero-order valence-corrected chi connectivity index (χ0v) is 33.9.